The fourth-order valence-electron chi connectivity index (χ4n) is 1.02. The van der Waals surface area contributed by atoms with E-state index in [1.54, 1.807) is 25.8 Å². The van der Waals surface area contributed by atoms with Crippen LogP contribution in [0.15, 0.2) is 5.16 Å². The molecule has 5 nitrogen and oxygen atoms in total. The van der Waals surface area contributed by atoms with Crippen LogP contribution >= 0.6 is 0 Å². The summed E-state index contributed by atoms with van der Waals surface area (Å²) in [6.07, 6.45) is 0. The lowest BCUT2D eigenvalue weighted by Gasteiger charge is -2.24. The number of aliphatic hydroxyl groups is 1. The predicted octanol–water partition coefficient (Wildman–Crippen LogP) is -0.564. The average molecular weight is 175 g/mol. The molecule has 4 N–H and O–H groups in total. The molecule has 0 radical (unpaired) electrons. The van der Waals surface area contributed by atoms with Crippen LogP contribution in [0, 0.1) is 0 Å². The molecule has 12 heavy (non-hydrogen) atoms. The normalized spacial score (nSPS) is 13.9. The Bertz CT molecular complexity index is 163. The zero-order chi connectivity index (χ0) is 9.78. The molecule has 0 heterocycles. The van der Waals surface area contributed by atoms with E-state index < -0.39 is 5.60 Å². The minimum atomic E-state index is -0.759. The number of amidine groups is 1. The van der Waals surface area contributed by atoms with Gasteiger partial charge in [0, 0.05) is 6.54 Å². The second-order valence-corrected chi connectivity index (χ2v) is 3.58. The van der Waals surface area contributed by atoms with Gasteiger partial charge in [-0.3, -0.25) is 4.90 Å². The molecule has 0 bridgehead atoms. The molecule has 0 saturated carbocycles. The monoisotopic (exact) mass is 175 g/mol. The summed E-state index contributed by atoms with van der Waals surface area (Å²) in [6, 6.07) is 0. The molecule has 0 aliphatic carbocycles. The van der Waals surface area contributed by atoms with Crippen LogP contribution in [0.1, 0.15) is 13.8 Å². The van der Waals surface area contributed by atoms with Crippen LogP contribution in [0.5, 0.6) is 0 Å². The van der Waals surface area contributed by atoms with Crippen molar-refractivity contribution in [1.82, 2.24) is 4.90 Å². The molecular formula is C7H17N3O2. The maximum absolute atomic E-state index is 9.39. The highest BCUT2D eigenvalue weighted by Crippen LogP contribution is 2.02. The topological polar surface area (TPSA) is 82.1 Å². The van der Waals surface area contributed by atoms with E-state index in [2.05, 4.69) is 5.16 Å². The first-order valence-corrected chi connectivity index (χ1v) is 3.72. The molecule has 0 saturated heterocycles. The Hall–Kier alpha value is -0.810. The first-order valence-electron chi connectivity index (χ1n) is 3.72. The molecule has 0 rings (SSSR count). The van der Waals surface area contributed by atoms with Gasteiger partial charge in [-0.15, -0.1) is 0 Å². The van der Waals surface area contributed by atoms with E-state index in [9.17, 15) is 5.11 Å². The Morgan fingerprint density at radius 1 is 1.58 bits per heavy atom. The second-order valence-electron chi connectivity index (χ2n) is 3.58. The Labute approximate surface area is 72.5 Å². The summed E-state index contributed by atoms with van der Waals surface area (Å²) in [6.45, 7) is 4.23. The van der Waals surface area contributed by atoms with E-state index in [0.717, 1.165) is 0 Å². The number of nitrogens with zero attached hydrogens (tertiary/aromatic N) is 2. The number of likely N-dealkylation sites (N-methyl/N-ethyl adjacent to an activating group) is 1. The number of rotatable bonds is 4. The fraction of sp³-hybridized carbons (Fsp3) is 0.857. The molecule has 0 fully saturated rings. The molecule has 0 unspecified atom stereocenters. The predicted molar refractivity (Wildman–Crippen MR) is 47.2 cm³/mol. The lowest BCUT2D eigenvalue weighted by atomic mass is 10.1. The highest BCUT2D eigenvalue weighted by molar-refractivity contribution is 5.81. The summed E-state index contributed by atoms with van der Waals surface area (Å²) in [5.74, 6) is 0.141. The van der Waals surface area contributed by atoms with Gasteiger partial charge in [-0.2, -0.15) is 0 Å². The number of oxime groups is 1. The van der Waals surface area contributed by atoms with Crippen LogP contribution in [0.3, 0.4) is 0 Å². The van der Waals surface area contributed by atoms with E-state index in [1.165, 1.54) is 0 Å². The molecule has 0 aromatic heterocycles. The largest absolute Gasteiger partial charge is 0.409 e. The Morgan fingerprint density at radius 3 is 2.42 bits per heavy atom. The molecule has 0 spiro atoms. The zero-order valence-corrected chi connectivity index (χ0v) is 7.78. The van der Waals surface area contributed by atoms with Gasteiger partial charge in [0.05, 0.1) is 12.1 Å². The first-order chi connectivity index (χ1) is 5.35. The summed E-state index contributed by atoms with van der Waals surface area (Å²) < 4.78 is 0. The highest BCUT2D eigenvalue weighted by atomic mass is 16.4. The minimum Gasteiger partial charge on any atom is -0.409 e. The van der Waals surface area contributed by atoms with E-state index in [1.807, 2.05) is 0 Å². The van der Waals surface area contributed by atoms with Gasteiger partial charge >= 0.3 is 0 Å². The molecule has 72 valence electrons. The van der Waals surface area contributed by atoms with Gasteiger partial charge in [-0.05, 0) is 20.9 Å². The summed E-state index contributed by atoms with van der Waals surface area (Å²) in [7, 11) is 1.79. The smallest absolute Gasteiger partial charge is 0.153 e. The van der Waals surface area contributed by atoms with Crippen LogP contribution in [0.4, 0.5) is 0 Å². The van der Waals surface area contributed by atoms with Crippen molar-refractivity contribution in [2.24, 2.45) is 10.9 Å². The van der Waals surface area contributed by atoms with Crippen molar-refractivity contribution in [2.45, 2.75) is 19.4 Å². The molecule has 0 aromatic carbocycles. The summed E-state index contributed by atoms with van der Waals surface area (Å²) in [5, 5.41) is 20.5. The molecule has 0 atom stereocenters. The number of hydrogen-bond donors (Lipinski definition) is 3. The second kappa shape index (κ2) is 4.27. The maximum atomic E-state index is 9.39. The van der Waals surface area contributed by atoms with Crippen LogP contribution in [-0.2, 0) is 0 Å². The summed E-state index contributed by atoms with van der Waals surface area (Å²) >= 11 is 0. The van der Waals surface area contributed by atoms with Gasteiger partial charge in [-0.25, -0.2) is 0 Å². The molecular weight excluding hydrogens is 158 g/mol. The molecule has 5 heteroatoms. The van der Waals surface area contributed by atoms with Crippen molar-refractivity contribution in [3.05, 3.63) is 0 Å². The molecule has 0 aliphatic heterocycles. The summed E-state index contributed by atoms with van der Waals surface area (Å²) in [4.78, 5) is 1.77. The van der Waals surface area contributed by atoms with Crippen molar-refractivity contribution in [3.8, 4) is 0 Å². The van der Waals surface area contributed by atoms with Gasteiger partial charge in [0.15, 0.2) is 5.84 Å². The zero-order valence-electron chi connectivity index (χ0n) is 7.78. The third-order valence-electron chi connectivity index (χ3n) is 1.22. The SMILES string of the molecule is CN(CC(N)=NO)CC(C)(C)O. The van der Waals surface area contributed by atoms with Crippen LogP contribution in [0.2, 0.25) is 0 Å². The number of hydrogen-bond acceptors (Lipinski definition) is 4. The quantitative estimate of drug-likeness (QED) is 0.231. The van der Waals surface area contributed by atoms with Crippen LogP contribution in [-0.4, -0.2) is 46.8 Å². The Kier molecular flexibility index (Phi) is 3.99. The summed E-state index contributed by atoms with van der Waals surface area (Å²) in [5.41, 5.74) is 4.51. The third-order valence-corrected chi connectivity index (χ3v) is 1.22. The van der Waals surface area contributed by atoms with Gasteiger partial charge in [0.2, 0.25) is 0 Å². The van der Waals surface area contributed by atoms with E-state index in [4.69, 9.17) is 10.9 Å². The lowest BCUT2D eigenvalue weighted by Crippen LogP contribution is -2.40. The molecule has 0 aromatic rings. The van der Waals surface area contributed by atoms with Gasteiger partial charge in [0.1, 0.15) is 0 Å². The van der Waals surface area contributed by atoms with E-state index in [-0.39, 0.29) is 5.84 Å². The van der Waals surface area contributed by atoms with Crippen molar-refractivity contribution >= 4 is 5.84 Å². The first kappa shape index (κ1) is 11.2. The standard InChI is InChI=1S/C7H17N3O2/c1-7(2,11)5-10(3)4-6(8)9-12/h11-12H,4-5H2,1-3H3,(H2,8,9). The van der Waals surface area contributed by atoms with Crippen molar-refractivity contribution in [1.29, 1.82) is 0 Å². The Morgan fingerprint density at radius 2 is 2.08 bits per heavy atom. The number of nitrogens with two attached hydrogens (primary N) is 1. The van der Waals surface area contributed by atoms with Gasteiger partial charge in [0.25, 0.3) is 0 Å². The van der Waals surface area contributed by atoms with E-state index >= 15 is 0 Å². The van der Waals surface area contributed by atoms with Crippen LogP contribution in [0.25, 0.3) is 0 Å². The van der Waals surface area contributed by atoms with Crippen LogP contribution < -0.4 is 5.73 Å². The molecule has 0 aliphatic rings. The maximum Gasteiger partial charge on any atom is 0.153 e. The van der Waals surface area contributed by atoms with Gasteiger partial charge in [-0.1, -0.05) is 5.16 Å². The van der Waals surface area contributed by atoms with E-state index in [0.29, 0.717) is 13.1 Å². The lowest BCUT2D eigenvalue weighted by molar-refractivity contribution is 0.0487. The van der Waals surface area contributed by atoms with Crippen molar-refractivity contribution < 1.29 is 10.3 Å². The third kappa shape index (κ3) is 5.94. The van der Waals surface area contributed by atoms with Crippen molar-refractivity contribution in [2.75, 3.05) is 20.1 Å². The highest BCUT2D eigenvalue weighted by Gasteiger charge is 2.15. The Balaban J connectivity index is 3.82. The average Bonchev–Trinajstić information content (AvgIpc) is 1.82. The van der Waals surface area contributed by atoms with Gasteiger partial charge < -0.3 is 16.0 Å². The fourth-order valence-corrected chi connectivity index (χ4v) is 1.02. The van der Waals surface area contributed by atoms with Crippen molar-refractivity contribution in [3.63, 3.8) is 0 Å². The molecule has 0 amide bonds. The minimum absolute atomic E-state index is 0.141.